The van der Waals surface area contributed by atoms with Gasteiger partial charge in [0.25, 0.3) is 0 Å². The highest BCUT2D eigenvalue weighted by molar-refractivity contribution is 9.10. The predicted molar refractivity (Wildman–Crippen MR) is 98.6 cm³/mol. The molecule has 2 saturated carbocycles. The Bertz CT molecular complexity index is 769. The number of hydrogen-bond donors (Lipinski definition) is 1. The molecule has 0 radical (unpaired) electrons. The van der Waals surface area contributed by atoms with Gasteiger partial charge in [-0.15, -0.1) is 0 Å². The van der Waals surface area contributed by atoms with E-state index in [4.69, 9.17) is 0 Å². The van der Waals surface area contributed by atoms with Gasteiger partial charge in [-0.2, -0.15) is 0 Å². The Morgan fingerprint density at radius 1 is 1.12 bits per heavy atom. The Labute approximate surface area is 155 Å². The summed E-state index contributed by atoms with van der Waals surface area (Å²) >= 11 is 3.49. The molecule has 1 aliphatic heterocycles. The maximum absolute atomic E-state index is 13.0. The van der Waals surface area contributed by atoms with E-state index in [1.165, 1.54) is 16.9 Å². The van der Waals surface area contributed by atoms with Crippen molar-refractivity contribution in [2.45, 2.75) is 19.8 Å². The van der Waals surface area contributed by atoms with Crippen LogP contribution in [0.15, 0.2) is 34.8 Å². The van der Waals surface area contributed by atoms with Gasteiger partial charge < -0.3 is 5.32 Å². The number of rotatable bonds is 4. The summed E-state index contributed by atoms with van der Waals surface area (Å²) in [6, 6.07) is 6.06. The van der Waals surface area contributed by atoms with Crippen molar-refractivity contribution in [1.29, 1.82) is 0 Å². The number of likely N-dealkylation sites (tertiary alicyclic amines) is 1. The first-order valence-corrected chi connectivity index (χ1v) is 9.95. The summed E-state index contributed by atoms with van der Waals surface area (Å²) in [6.07, 6.45) is 6.53. The SMILES string of the molecule is CCc1cc(Br)ccc1NCN1C(=O)C2C3C=CC(C4CC34)C2C1=O. The number of nitrogens with one attached hydrogen (secondary N) is 1. The van der Waals surface area contributed by atoms with Gasteiger partial charge in [-0.1, -0.05) is 35.0 Å². The summed E-state index contributed by atoms with van der Waals surface area (Å²) in [4.78, 5) is 27.4. The molecule has 1 aromatic carbocycles. The number of anilines is 1. The first-order chi connectivity index (χ1) is 12.1. The van der Waals surface area contributed by atoms with Crippen LogP contribution >= 0.6 is 15.9 Å². The first-order valence-electron chi connectivity index (χ1n) is 9.16. The van der Waals surface area contributed by atoms with Gasteiger partial charge in [0.2, 0.25) is 11.8 Å². The average molecular weight is 401 g/mol. The van der Waals surface area contributed by atoms with Gasteiger partial charge in [0.15, 0.2) is 0 Å². The molecule has 4 nitrogen and oxygen atoms in total. The summed E-state index contributed by atoms with van der Waals surface area (Å²) in [5.74, 6) is 1.73. The van der Waals surface area contributed by atoms with Crippen LogP contribution in [0.25, 0.3) is 0 Å². The zero-order valence-electron chi connectivity index (χ0n) is 14.1. The maximum Gasteiger partial charge on any atom is 0.235 e. The smallest absolute Gasteiger partial charge is 0.235 e. The van der Waals surface area contributed by atoms with Gasteiger partial charge in [-0.25, -0.2) is 0 Å². The highest BCUT2D eigenvalue weighted by atomic mass is 79.9. The number of imide groups is 1. The number of carbonyl (C=O) groups excluding carboxylic acids is 2. The van der Waals surface area contributed by atoms with E-state index in [1.807, 2.05) is 12.1 Å². The fraction of sp³-hybridized carbons (Fsp3) is 0.500. The molecule has 2 amide bonds. The van der Waals surface area contributed by atoms with Crippen LogP contribution in [-0.2, 0) is 16.0 Å². The number of halogens is 1. The third-order valence-corrected chi connectivity index (χ3v) is 7.12. The summed E-state index contributed by atoms with van der Waals surface area (Å²) in [6.45, 7) is 2.37. The van der Waals surface area contributed by atoms with E-state index in [2.05, 4.69) is 46.4 Å². The summed E-state index contributed by atoms with van der Waals surface area (Å²) in [7, 11) is 0. The lowest BCUT2D eigenvalue weighted by Gasteiger charge is -2.37. The Morgan fingerprint density at radius 3 is 2.36 bits per heavy atom. The minimum Gasteiger partial charge on any atom is -0.367 e. The molecule has 25 heavy (non-hydrogen) atoms. The van der Waals surface area contributed by atoms with Crippen molar-refractivity contribution in [3.63, 3.8) is 0 Å². The lowest BCUT2D eigenvalue weighted by molar-refractivity contribution is -0.139. The van der Waals surface area contributed by atoms with Crippen molar-refractivity contribution >= 4 is 33.4 Å². The second-order valence-electron chi connectivity index (χ2n) is 7.75. The van der Waals surface area contributed by atoms with Crippen LogP contribution in [0.1, 0.15) is 18.9 Å². The molecule has 4 aliphatic carbocycles. The monoisotopic (exact) mass is 400 g/mol. The molecule has 6 rings (SSSR count). The molecule has 1 N–H and O–H groups in total. The highest BCUT2D eigenvalue weighted by Gasteiger charge is 2.66. The quantitative estimate of drug-likeness (QED) is 0.621. The van der Waals surface area contributed by atoms with Crippen LogP contribution < -0.4 is 5.32 Å². The molecule has 0 aromatic heterocycles. The van der Waals surface area contributed by atoms with Crippen LogP contribution in [-0.4, -0.2) is 23.4 Å². The fourth-order valence-corrected chi connectivity index (χ4v) is 5.77. The van der Waals surface area contributed by atoms with Gasteiger partial charge in [-0.3, -0.25) is 14.5 Å². The van der Waals surface area contributed by atoms with Crippen molar-refractivity contribution in [1.82, 2.24) is 4.90 Å². The van der Waals surface area contributed by atoms with E-state index in [9.17, 15) is 9.59 Å². The minimum atomic E-state index is -0.108. The number of hydrogen-bond acceptors (Lipinski definition) is 3. The lowest BCUT2D eigenvalue weighted by Crippen LogP contribution is -2.40. The van der Waals surface area contributed by atoms with Crippen LogP contribution in [0, 0.1) is 35.5 Å². The molecule has 130 valence electrons. The Balaban J connectivity index is 1.36. The summed E-state index contributed by atoms with van der Waals surface area (Å²) in [5.41, 5.74) is 2.17. The molecular weight excluding hydrogens is 380 g/mol. The van der Waals surface area contributed by atoms with Crippen molar-refractivity contribution in [3.8, 4) is 0 Å². The van der Waals surface area contributed by atoms with Crippen LogP contribution in [0.5, 0.6) is 0 Å². The number of benzene rings is 1. The standard InChI is InChI=1S/C20H21BrN2O2/c1-2-10-7-11(21)3-6-16(10)22-9-23-19(24)17-12-4-5-13(15-8-14(12)15)18(17)20(23)25/h3-7,12-15,17-18,22H,2,8-9H2,1H3. The lowest BCUT2D eigenvalue weighted by atomic mass is 9.63. The Kier molecular flexibility index (Phi) is 3.40. The van der Waals surface area contributed by atoms with Gasteiger partial charge in [0, 0.05) is 10.2 Å². The van der Waals surface area contributed by atoms with E-state index in [0.717, 1.165) is 16.6 Å². The Morgan fingerprint density at radius 2 is 1.76 bits per heavy atom. The number of aryl methyl sites for hydroxylation is 1. The fourth-order valence-electron chi connectivity index (χ4n) is 5.37. The van der Waals surface area contributed by atoms with Crippen LogP contribution in [0.3, 0.4) is 0 Å². The van der Waals surface area contributed by atoms with E-state index in [1.54, 1.807) is 0 Å². The zero-order chi connectivity index (χ0) is 17.3. The number of allylic oxidation sites excluding steroid dienone is 2. The number of nitrogens with zero attached hydrogens (tertiary/aromatic N) is 1. The van der Waals surface area contributed by atoms with E-state index < -0.39 is 0 Å². The van der Waals surface area contributed by atoms with Crippen molar-refractivity contribution in [2.24, 2.45) is 35.5 Å². The van der Waals surface area contributed by atoms with Crippen molar-refractivity contribution < 1.29 is 9.59 Å². The molecule has 5 aliphatic rings. The predicted octanol–water partition coefficient (Wildman–Crippen LogP) is 3.43. The molecule has 2 bridgehead atoms. The molecule has 5 heteroatoms. The average Bonchev–Trinajstić information content (AvgIpc) is 3.40. The van der Waals surface area contributed by atoms with Crippen LogP contribution in [0.4, 0.5) is 5.69 Å². The molecule has 0 spiro atoms. The largest absolute Gasteiger partial charge is 0.367 e. The molecule has 1 heterocycles. The summed E-state index contributed by atoms with van der Waals surface area (Å²) < 4.78 is 1.04. The second kappa shape index (κ2) is 5.44. The molecular formula is C20H21BrN2O2. The van der Waals surface area contributed by atoms with Crippen molar-refractivity contribution in [2.75, 3.05) is 12.0 Å². The molecule has 6 unspecified atom stereocenters. The number of amides is 2. The topological polar surface area (TPSA) is 49.4 Å². The van der Waals surface area contributed by atoms with Crippen molar-refractivity contribution in [3.05, 3.63) is 40.4 Å². The van der Waals surface area contributed by atoms with Gasteiger partial charge in [-0.05, 0) is 60.3 Å². The Hall–Kier alpha value is -1.62. The number of carbonyl (C=O) groups is 2. The molecule has 1 saturated heterocycles. The third-order valence-electron chi connectivity index (χ3n) is 6.63. The maximum atomic E-state index is 13.0. The van der Waals surface area contributed by atoms with E-state index >= 15 is 0 Å². The molecule has 6 atom stereocenters. The normalized spacial score (nSPS) is 37.3. The molecule has 3 fully saturated rings. The zero-order valence-corrected chi connectivity index (χ0v) is 15.7. The highest BCUT2D eigenvalue weighted by Crippen LogP contribution is 2.65. The van der Waals surface area contributed by atoms with Gasteiger partial charge >= 0.3 is 0 Å². The first kappa shape index (κ1) is 15.6. The minimum absolute atomic E-state index is 0.0300. The van der Waals surface area contributed by atoms with Crippen LogP contribution in [0.2, 0.25) is 0 Å². The molecule has 1 aromatic rings. The van der Waals surface area contributed by atoms with Gasteiger partial charge in [0.05, 0.1) is 18.5 Å². The third kappa shape index (κ3) is 2.17. The van der Waals surface area contributed by atoms with E-state index in [-0.39, 0.29) is 30.3 Å². The second-order valence-corrected chi connectivity index (χ2v) is 8.66. The summed E-state index contributed by atoms with van der Waals surface area (Å²) in [5, 5.41) is 3.32. The van der Waals surface area contributed by atoms with E-state index in [0.29, 0.717) is 23.7 Å². The van der Waals surface area contributed by atoms with Gasteiger partial charge in [0.1, 0.15) is 0 Å².